The van der Waals surface area contributed by atoms with E-state index in [-0.39, 0.29) is 18.3 Å². The molecule has 0 saturated carbocycles. The van der Waals surface area contributed by atoms with E-state index in [1.165, 1.54) is 32.1 Å². The predicted molar refractivity (Wildman–Crippen MR) is 67.0 cm³/mol. The van der Waals surface area contributed by atoms with Crippen molar-refractivity contribution in [3.05, 3.63) is 0 Å². The lowest BCUT2D eigenvalue weighted by Crippen LogP contribution is -2.09. The van der Waals surface area contributed by atoms with Gasteiger partial charge in [-0.15, -0.1) is 12.4 Å². The van der Waals surface area contributed by atoms with Crippen LogP contribution in [0.1, 0.15) is 57.8 Å². The van der Waals surface area contributed by atoms with Crippen LogP contribution in [0.4, 0.5) is 0 Å². The Hall–Kier alpha value is -0.280. The van der Waals surface area contributed by atoms with Crippen LogP contribution in [0.5, 0.6) is 0 Å². The number of primary amides is 1. The smallest absolute Gasteiger partial charge is 0.217 e. The van der Waals surface area contributed by atoms with E-state index in [0.717, 1.165) is 25.8 Å². The van der Waals surface area contributed by atoms with Gasteiger partial charge in [0.2, 0.25) is 5.91 Å². The van der Waals surface area contributed by atoms with E-state index >= 15 is 0 Å². The van der Waals surface area contributed by atoms with Gasteiger partial charge in [-0.2, -0.15) is 0 Å². The number of rotatable bonds is 10. The van der Waals surface area contributed by atoms with Crippen molar-refractivity contribution in [2.45, 2.75) is 57.8 Å². The van der Waals surface area contributed by atoms with Crippen LogP contribution in [0.15, 0.2) is 0 Å². The van der Waals surface area contributed by atoms with Crippen molar-refractivity contribution in [2.75, 3.05) is 6.54 Å². The van der Waals surface area contributed by atoms with Crippen LogP contribution in [0.2, 0.25) is 0 Å². The van der Waals surface area contributed by atoms with E-state index in [0.29, 0.717) is 6.42 Å². The fraction of sp³-hybridized carbons (Fsp3) is 0.909. The standard InChI is InChI=1S/C11H24N2O.ClH/c12-10-8-6-4-2-1-3-5-7-9-11(13)14;/h1-10,12H2,(H2,13,14);1H. The number of carbonyl (C=O) groups is 1. The Labute approximate surface area is 99.4 Å². The third-order valence-electron chi connectivity index (χ3n) is 2.38. The van der Waals surface area contributed by atoms with Gasteiger partial charge in [-0.05, 0) is 19.4 Å². The summed E-state index contributed by atoms with van der Waals surface area (Å²) in [6.45, 7) is 0.818. The molecule has 0 atom stereocenters. The molecule has 0 fully saturated rings. The fourth-order valence-corrected chi connectivity index (χ4v) is 1.50. The van der Waals surface area contributed by atoms with Gasteiger partial charge in [0.1, 0.15) is 0 Å². The molecule has 0 aromatic heterocycles. The Kier molecular flexibility index (Phi) is 15.7. The highest BCUT2D eigenvalue weighted by atomic mass is 35.5. The zero-order valence-corrected chi connectivity index (χ0v) is 10.4. The van der Waals surface area contributed by atoms with Crippen molar-refractivity contribution < 1.29 is 4.79 Å². The number of hydrogen-bond donors (Lipinski definition) is 2. The molecule has 4 N–H and O–H groups in total. The molecular weight excluding hydrogens is 212 g/mol. The molecular formula is C11H25ClN2O. The molecule has 92 valence electrons. The summed E-state index contributed by atoms with van der Waals surface area (Å²) in [6.07, 6.45) is 10.2. The molecule has 15 heavy (non-hydrogen) atoms. The fourth-order valence-electron chi connectivity index (χ4n) is 1.50. The van der Waals surface area contributed by atoms with Gasteiger partial charge in [-0.3, -0.25) is 4.79 Å². The molecule has 0 aromatic rings. The summed E-state index contributed by atoms with van der Waals surface area (Å²) in [6, 6.07) is 0. The summed E-state index contributed by atoms with van der Waals surface area (Å²) in [5, 5.41) is 0. The number of amides is 1. The van der Waals surface area contributed by atoms with Gasteiger partial charge < -0.3 is 11.5 Å². The van der Waals surface area contributed by atoms with E-state index in [4.69, 9.17) is 11.5 Å². The molecule has 4 heteroatoms. The van der Waals surface area contributed by atoms with Gasteiger partial charge in [-0.1, -0.05) is 38.5 Å². The molecule has 3 nitrogen and oxygen atoms in total. The molecule has 0 unspecified atom stereocenters. The second kappa shape index (κ2) is 13.7. The first kappa shape index (κ1) is 17.1. The van der Waals surface area contributed by atoms with E-state index in [9.17, 15) is 4.79 Å². The highest BCUT2D eigenvalue weighted by molar-refractivity contribution is 5.85. The molecule has 0 aliphatic carbocycles. The average Bonchev–Trinajstić information content (AvgIpc) is 2.15. The second-order valence-electron chi connectivity index (χ2n) is 3.83. The zero-order valence-electron chi connectivity index (χ0n) is 9.54. The molecule has 0 aliphatic rings. The Balaban J connectivity index is 0. The number of hydrogen-bond acceptors (Lipinski definition) is 2. The van der Waals surface area contributed by atoms with Crippen LogP contribution in [0.25, 0.3) is 0 Å². The van der Waals surface area contributed by atoms with E-state index in [1.807, 2.05) is 0 Å². The largest absolute Gasteiger partial charge is 0.370 e. The molecule has 0 aromatic carbocycles. The maximum atomic E-state index is 10.4. The first-order chi connectivity index (χ1) is 6.77. The van der Waals surface area contributed by atoms with Crippen LogP contribution in [0, 0.1) is 0 Å². The SMILES string of the molecule is Cl.NCCCCCCCCCCC(N)=O. The first-order valence-electron chi connectivity index (χ1n) is 5.75. The normalized spacial score (nSPS) is 9.67. The lowest BCUT2D eigenvalue weighted by atomic mass is 10.1. The number of unbranched alkanes of at least 4 members (excludes halogenated alkanes) is 7. The molecule has 0 bridgehead atoms. The monoisotopic (exact) mass is 236 g/mol. The van der Waals surface area contributed by atoms with Crippen molar-refractivity contribution in [1.29, 1.82) is 0 Å². The van der Waals surface area contributed by atoms with Crippen LogP contribution >= 0.6 is 12.4 Å². The van der Waals surface area contributed by atoms with Crippen molar-refractivity contribution in [3.63, 3.8) is 0 Å². The molecule has 1 amide bonds. The van der Waals surface area contributed by atoms with Crippen molar-refractivity contribution >= 4 is 18.3 Å². The van der Waals surface area contributed by atoms with E-state index in [1.54, 1.807) is 0 Å². The topological polar surface area (TPSA) is 69.1 Å². The van der Waals surface area contributed by atoms with E-state index < -0.39 is 0 Å². The Morgan fingerprint density at radius 3 is 1.60 bits per heavy atom. The third kappa shape index (κ3) is 16.4. The van der Waals surface area contributed by atoms with Gasteiger partial charge >= 0.3 is 0 Å². The van der Waals surface area contributed by atoms with Gasteiger partial charge in [0.25, 0.3) is 0 Å². The molecule has 0 saturated heterocycles. The highest BCUT2D eigenvalue weighted by Gasteiger charge is 1.94. The highest BCUT2D eigenvalue weighted by Crippen LogP contribution is 2.08. The minimum absolute atomic E-state index is 0. The number of carbonyl (C=O) groups excluding carboxylic acids is 1. The second-order valence-corrected chi connectivity index (χ2v) is 3.83. The lowest BCUT2D eigenvalue weighted by molar-refractivity contribution is -0.118. The van der Waals surface area contributed by atoms with Crippen LogP contribution in [-0.4, -0.2) is 12.5 Å². The molecule has 0 heterocycles. The zero-order chi connectivity index (χ0) is 10.6. The van der Waals surface area contributed by atoms with Gasteiger partial charge in [0, 0.05) is 6.42 Å². The minimum atomic E-state index is -0.173. The Morgan fingerprint density at radius 2 is 1.20 bits per heavy atom. The van der Waals surface area contributed by atoms with Crippen LogP contribution in [-0.2, 0) is 4.79 Å². The van der Waals surface area contributed by atoms with Crippen molar-refractivity contribution in [2.24, 2.45) is 11.5 Å². The maximum Gasteiger partial charge on any atom is 0.217 e. The lowest BCUT2D eigenvalue weighted by Gasteiger charge is -2.00. The maximum absolute atomic E-state index is 10.4. The minimum Gasteiger partial charge on any atom is -0.370 e. The van der Waals surface area contributed by atoms with Crippen molar-refractivity contribution in [3.8, 4) is 0 Å². The van der Waals surface area contributed by atoms with Crippen molar-refractivity contribution in [1.82, 2.24) is 0 Å². The summed E-state index contributed by atoms with van der Waals surface area (Å²) in [5.74, 6) is -0.173. The molecule has 0 spiro atoms. The molecule has 0 aliphatic heterocycles. The van der Waals surface area contributed by atoms with Gasteiger partial charge in [-0.25, -0.2) is 0 Å². The number of halogens is 1. The summed E-state index contributed by atoms with van der Waals surface area (Å²) in [7, 11) is 0. The quantitative estimate of drug-likeness (QED) is 0.572. The average molecular weight is 237 g/mol. The summed E-state index contributed by atoms with van der Waals surface area (Å²) >= 11 is 0. The molecule has 0 radical (unpaired) electrons. The Morgan fingerprint density at radius 1 is 0.800 bits per heavy atom. The molecule has 0 rings (SSSR count). The summed E-state index contributed by atoms with van der Waals surface area (Å²) < 4.78 is 0. The predicted octanol–water partition coefficient (Wildman–Crippen LogP) is 2.36. The van der Waals surface area contributed by atoms with Crippen LogP contribution < -0.4 is 11.5 Å². The Bertz CT molecular complexity index is 143. The first-order valence-corrected chi connectivity index (χ1v) is 5.75. The summed E-state index contributed by atoms with van der Waals surface area (Å²) in [5.41, 5.74) is 10.4. The van der Waals surface area contributed by atoms with Crippen LogP contribution in [0.3, 0.4) is 0 Å². The summed E-state index contributed by atoms with van der Waals surface area (Å²) in [4.78, 5) is 10.4. The third-order valence-corrected chi connectivity index (χ3v) is 2.38. The van der Waals surface area contributed by atoms with Gasteiger partial charge in [0.15, 0.2) is 0 Å². The van der Waals surface area contributed by atoms with E-state index in [2.05, 4.69) is 0 Å². The van der Waals surface area contributed by atoms with Gasteiger partial charge in [0.05, 0.1) is 0 Å². The number of nitrogens with two attached hydrogens (primary N) is 2.